The Morgan fingerprint density at radius 1 is 1.41 bits per heavy atom. The fraction of sp³-hybridized carbons (Fsp3) is 0.538. The van der Waals surface area contributed by atoms with Crippen LogP contribution in [0, 0.1) is 0 Å². The summed E-state index contributed by atoms with van der Waals surface area (Å²) in [6, 6.07) is 5.66. The predicted octanol–water partition coefficient (Wildman–Crippen LogP) is 2.89. The largest absolute Gasteiger partial charge is 0.489 e. The second-order valence-corrected chi connectivity index (χ2v) is 5.04. The molecule has 0 aliphatic carbocycles. The molecule has 1 atom stereocenters. The lowest BCUT2D eigenvalue weighted by Gasteiger charge is -2.23. The molecule has 1 aromatic carbocycles. The molecule has 1 N–H and O–H groups in total. The maximum atomic E-state index is 9.25. The number of aliphatic hydroxyl groups is 1. The van der Waals surface area contributed by atoms with Crippen LogP contribution in [0.4, 0.5) is 0 Å². The lowest BCUT2D eigenvalue weighted by Crippen LogP contribution is -2.26. The summed E-state index contributed by atoms with van der Waals surface area (Å²) in [5.74, 6) is 0.726. The average molecular weight is 301 g/mol. The molecule has 0 aromatic heterocycles. The van der Waals surface area contributed by atoms with Gasteiger partial charge < -0.3 is 14.6 Å². The number of hydrogen-bond acceptors (Lipinski definition) is 3. The molecule has 0 amide bonds. The predicted molar refractivity (Wildman–Crippen MR) is 69.2 cm³/mol. The minimum atomic E-state index is -0.0136. The van der Waals surface area contributed by atoms with E-state index in [4.69, 9.17) is 9.47 Å². The van der Waals surface area contributed by atoms with Crippen molar-refractivity contribution in [3.05, 3.63) is 28.2 Å². The van der Waals surface area contributed by atoms with Crippen LogP contribution < -0.4 is 4.74 Å². The summed E-state index contributed by atoms with van der Waals surface area (Å²) in [6.45, 7) is 1.37. The zero-order chi connectivity index (χ0) is 12.1. The highest BCUT2D eigenvalue weighted by Crippen LogP contribution is 2.29. The van der Waals surface area contributed by atoms with E-state index in [1.54, 1.807) is 0 Å². The first-order chi connectivity index (χ1) is 8.31. The van der Waals surface area contributed by atoms with Crippen LogP contribution in [0.2, 0.25) is 0 Å². The maximum absolute atomic E-state index is 9.25. The lowest BCUT2D eigenvalue weighted by molar-refractivity contribution is -0.0115. The smallest absolute Gasteiger partial charge is 0.139 e. The number of para-hydroxylation sites is 1. The molecule has 94 valence electrons. The second kappa shape index (κ2) is 6.38. The van der Waals surface area contributed by atoms with Gasteiger partial charge in [-0.25, -0.2) is 0 Å². The molecule has 0 saturated carbocycles. The van der Waals surface area contributed by atoms with E-state index in [1.165, 1.54) is 6.42 Å². The van der Waals surface area contributed by atoms with Crippen LogP contribution in [0.15, 0.2) is 22.7 Å². The highest BCUT2D eigenvalue weighted by atomic mass is 79.9. The van der Waals surface area contributed by atoms with Crippen molar-refractivity contribution in [1.29, 1.82) is 0 Å². The summed E-state index contributed by atoms with van der Waals surface area (Å²) >= 11 is 3.44. The molecule has 2 rings (SSSR count). The van der Waals surface area contributed by atoms with E-state index in [1.807, 2.05) is 18.2 Å². The van der Waals surface area contributed by atoms with Crippen molar-refractivity contribution >= 4 is 15.9 Å². The number of benzene rings is 1. The Morgan fingerprint density at radius 3 is 3.00 bits per heavy atom. The molecule has 4 heteroatoms. The van der Waals surface area contributed by atoms with Gasteiger partial charge in [0, 0.05) is 12.2 Å². The van der Waals surface area contributed by atoms with Crippen molar-refractivity contribution in [3.8, 4) is 5.75 Å². The highest BCUT2D eigenvalue weighted by molar-refractivity contribution is 9.10. The first kappa shape index (κ1) is 12.9. The second-order valence-electron chi connectivity index (χ2n) is 4.19. The Bertz CT molecular complexity index is 362. The Labute approximate surface area is 110 Å². The summed E-state index contributed by atoms with van der Waals surface area (Å²) in [6.07, 6.45) is 3.59. The molecule has 1 saturated heterocycles. The van der Waals surface area contributed by atoms with Crippen molar-refractivity contribution in [2.45, 2.75) is 32.0 Å². The maximum Gasteiger partial charge on any atom is 0.139 e. The van der Waals surface area contributed by atoms with Gasteiger partial charge in [-0.05, 0) is 41.3 Å². The first-order valence-electron chi connectivity index (χ1n) is 5.94. The third-order valence-electron chi connectivity index (χ3n) is 2.91. The molecule has 0 radical (unpaired) electrons. The van der Waals surface area contributed by atoms with E-state index in [2.05, 4.69) is 15.9 Å². The summed E-state index contributed by atoms with van der Waals surface area (Å²) in [7, 11) is 0. The fourth-order valence-electron chi connectivity index (χ4n) is 1.95. The molecule has 1 unspecified atom stereocenters. The highest BCUT2D eigenvalue weighted by Gasteiger charge is 2.16. The summed E-state index contributed by atoms with van der Waals surface area (Å²) in [5.41, 5.74) is 0.801. The molecule has 1 aliphatic heterocycles. The monoisotopic (exact) mass is 300 g/mol. The summed E-state index contributed by atoms with van der Waals surface area (Å²) in [4.78, 5) is 0. The molecule has 0 spiro atoms. The van der Waals surface area contributed by atoms with Gasteiger partial charge in [-0.1, -0.05) is 12.1 Å². The van der Waals surface area contributed by atoms with Crippen LogP contribution in [0.5, 0.6) is 5.75 Å². The SMILES string of the molecule is OCc1cccc(Br)c1OCC1CCCCO1. The van der Waals surface area contributed by atoms with Crippen LogP contribution in [-0.2, 0) is 11.3 Å². The molecule has 1 aliphatic rings. The van der Waals surface area contributed by atoms with Gasteiger partial charge >= 0.3 is 0 Å². The number of halogens is 1. The molecule has 1 heterocycles. The normalized spacial score (nSPS) is 20.2. The minimum absolute atomic E-state index is 0.0136. The minimum Gasteiger partial charge on any atom is -0.489 e. The Hall–Kier alpha value is -0.580. The van der Waals surface area contributed by atoms with Crippen molar-refractivity contribution in [1.82, 2.24) is 0 Å². The van der Waals surface area contributed by atoms with E-state index in [0.29, 0.717) is 6.61 Å². The molecule has 1 aromatic rings. The van der Waals surface area contributed by atoms with Crippen LogP contribution >= 0.6 is 15.9 Å². The number of rotatable bonds is 4. The molecular formula is C13H17BrO3. The van der Waals surface area contributed by atoms with E-state index in [-0.39, 0.29) is 12.7 Å². The van der Waals surface area contributed by atoms with Crippen LogP contribution in [-0.4, -0.2) is 24.4 Å². The van der Waals surface area contributed by atoms with E-state index in [9.17, 15) is 5.11 Å². The third kappa shape index (κ3) is 3.44. The topological polar surface area (TPSA) is 38.7 Å². The standard InChI is InChI=1S/C13H17BrO3/c14-12-6-3-4-10(8-15)13(12)17-9-11-5-1-2-7-16-11/h3-4,6,11,15H,1-2,5,7-9H2. The number of ether oxygens (including phenoxy) is 2. The Morgan fingerprint density at radius 2 is 2.29 bits per heavy atom. The number of aliphatic hydroxyl groups excluding tert-OH is 1. The third-order valence-corrected chi connectivity index (χ3v) is 3.53. The molecule has 17 heavy (non-hydrogen) atoms. The number of hydrogen-bond donors (Lipinski definition) is 1. The molecule has 1 fully saturated rings. The average Bonchev–Trinajstić information content (AvgIpc) is 2.38. The van der Waals surface area contributed by atoms with Crippen molar-refractivity contribution in [3.63, 3.8) is 0 Å². The van der Waals surface area contributed by atoms with Gasteiger partial charge in [0.25, 0.3) is 0 Å². The Kier molecular flexibility index (Phi) is 4.83. The van der Waals surface area contributed by atoms with Gasteiger partial charge in [0.15, 0.2) is 0 Å². The van der Waals surface area contributed by atoms with Gasteiger partial charge in [-0.15, -0.1) is 0 Å². The van der Waals surface area contributed by atoms with Crippen molar-refractivity contribution in [2.75, 3.05) is 13.2 Å². The van der Waals surface area contributed by atoms with E-state index in [0.717, 1.165) is 35.2 Å². The van der Waals surface area contributed by atoms with Crippen LogP contribution in [0.3, 0.4) is 0 Å². The molecule has 3 nitrogen and oxygen atoms in total. The quantitative estimate of drug-likeness (QED) is 0.929. The lowest BCUT2D eigenvalue weighted by atomic mass is 10.1. The molecular weight excluding hydrogens is 284 g/mol. The van der Waals surface area contributed by atoms with Crippen LogP contribution in [0.1, 0.15) is 24.8 Å². The van der Waals surface area contributed by atoms with Gasteiger partial charge in [-0.2, -0.15) is 0 Å². The Balaban J connectivity index is 1.97. The fourth-order valence-corrected chi connectivity index (χ4v) is 2.48. The summed E-state index contributed by atoms with van der Waals surface area (Å²) < 4.78 is 12.3. The summed E-state index contributed by atoms with van der Waals surface area (Å²) in [5, 5.41) is 9.25. The first-order valence-corrected chi connectivity index (χ1v) is 6.73. The van der Waals surface area contributed by atoms with Gasteiger partial charge in [-0.3, -0.25) is 0 Å². The molecule has 0 bridgehead atoms. The zero-order valence-corrected chi connectivity index (χ0v) is 11.3. The van der Waals surface area contributed by atoms with Crippen molar-refractivity contribution < 1.29 is 14.6 Å². The van der Waals surface area contributed by atoms with Gasteiger partial charge in [0.05, 0.1) is 17.2 Å². The van der Waals surface area contributed by atoms with E-state index < -0.39 is 0 Å². The van der Waals surface area contributed by atoms with Gasteiger partial charge in [0.1, 0.15) is 12.4 Å². The van der Waals surface area contributed by atoms with Crippen LogP contribution in [0.25, 0.3) is 0 Å². The van der Waals surface area contributed by atoms with E-state index >= 15 is 0 Å². The zero-order valence-electron chi connectivity index (χ0n) is 9.69. The van der Waals surface area contributed by atoms with Crippen molar-refractivity contribution in [2.24, 2.45) is 0 Å². The van der Waals surface area contributed by atoms with Gasteiger partial charge in [0.2, 0.25) is 0 Å².